The summed E-state index contributed by atoms with van der Waals surface area (Å²) in [6, 6.07) is 3.50. The third-order valence-electron chi connectivity index (χ3n) is 1.96. The molecule has 1 aromatic carbocycles. The molecule has 0 spiro atoms. The number of carboxylic acids is 1. The average molecular weight is 199 g/mol. The van der Waals surface area contributed by atoms with Crippen LogP contribution in [0.2, 0.25) is 0 Å². The first-order chi connectivity index (χ1) is 6.37. The number of benzene rings is 1. The molecule has 5 heteroatoms. The summed E-state index contributed by atoms with van der Waals surface area (Å²) in [5.74, 6) is -2.70. The van der Waals surface area contributed by atoms with Gasteiger partial charge in [0.05, 0.1) is 5.56 Å². The Morgan fingerprint density at radius 1 is 1.57 bits per heavy atom. The molecule has 0 amide bonds. The number of aromatic hydroxyl groups is 1. The summed E-state index contributed by atoms with van der Waals surface area (Å²) in [4.78, 5) is 10.7. The van der Waals surface area contributed by atoms with Crippen LogP contribution in [0.5, 0.6) is 5.75 Å². The van der Waals surface area contributed by atoms with Gasteiger partial charge in [0.15, 0.2) is 0 Å². The molecule has 0 aliphatic carbocycles. The maximum absolute atomic E-state index is 13.2. The fraction of sp³-hybridized carbons (Fsp3) is 0.222. The first-order valence-corrected chi connectivity index (χ1v) is 3.87. The van der Waals surface area contributed by atoms with E-state index in [1.807, 2.05) is 0 Å². The van der Waals surface area contributed by atoms with Crippen LogP contribution in [-0.2, 0) is 10.3 Å². The standard InChI is InChI=1S/C9H10FNO3/c1-9(11,8(13)14)7-5(10)3-2-4-6(7)12/h2-4,12H,11H2,1H3,(H,13,14). The van der Waals surface area contributed by atoms with Gasteiger partial charge in [-0.1, -0.05) is 6.07 Å². The van der Waals surface area contributed by atoms with E-state index in [2.05, 4.69) is 0 Å². The van der Waals surface area contributed by atoms with E-state index in [9.17, 15) is 14.3 Å². The van der Waals surface area contributed by atoms with Crippen molar-refractivity contribution in [3.05, 3.63) is 29.6 Å². The van der Waals surface area contributed by atoms with Crippen LogP contribution in [0, 0.1) is 5.82 Å². The van der Waals surface area contributed by atoms with E-state index in [1.165, 1.54) is 12.1 Å². The number of phenols is 1. The lowest BCUT2D eigenvalue weighted by Crippen LogP contribution is -2.42. The van der Waals surface area contributed by atoms with Crippen molar-refractivity contribution in [3.63, 3.8) is 0 Å². The summed E-state index contributed by atoms with van der Waals surface area (Å²) >= 11 is 0. The summed E-state index contributed by atoms with van der Waals surface area (Å²) in [6.07, 6.45) is 0. The van der Waals surface area contributed by atoms with Crippen LogP contribution < -0.4 is 5.73 Å². The second-order valence-corrected chi connectivity index (χ2v) is 3.14. The predicted octanol–water partition coefficient (Wildman–Crippen LogP) is 0.790. The third kappa shape index (κ3) is 1.54. The Balaban J connectivity index is 3.38. The predicted molar refractivity (Wildman–Crippen MR) is 47.2 cm³/mol. The van der Waals surface area contributed by atoms with Crippen LogP contribution in [0.15, 0.2) is 18.2 Å². The van der Waals surface area contributed by atoms with Crippen molar-refractivity contribution in [2.75, 3.05) is 0 Å². The SMILES string of the molecule is CC(N)(C(=O)O)c1c(O)cccc1F. The van der Waals surface area contributed by atoms with E-state index in [0.717, 1.165) is 13.0 Å². The second kappa shape index (κ2) is 3.26. The molecule has 0 heterocycles. The molecule has 4 N–H and O–H groups in total. The van der Waals surface area contributed by atoms with Gasteiger partial charge in [0.1, 0.15) is 17.1 Å². The lowest BCUT2D eigenvalue weighted by atomic mass is 9.92. The fourth-order valence-corrected chi connectivity index (χ4v) is 1.13. The topological polar surface area (TPSA) is 83.6 Å². The van der Waals surface area contributed by atoms with E-state index >= 15 is 0 Å². The van der Waals surface area contributed by atoms with Crippen LogP contribution in [0.4, 0.5) is 4.39 Å². The fourth-order valence-electron chi connectivity index (χ4n) is 1.13. The number of hydrogen-bond acceptors (Lipinski definition) is 3. The molecule has 14 heavy (non-hydrogen) atoms. The Kier molecular flexibility index (Phi) is 2.44. The number of nitrogens with two attached hydrogens (primary N) is 1. The highest BCUT2D eigenvalue weighted by Gasteiger charge is 2.35. The number of carbonyl (C=O) groups is 1. The molecule has 0 radical (unpaired) electrons. The van der Waals surface area contributed by atoms with Crippen molar-refractivity contribution in [1.29, 1.82) is 0 Å². The molecule has 1 atom stereocenters. The normalized spacial score (nSPS) is 14.8. The molecule has 0 bridgehead atoms. The van der Waals surface area contributed by atoms with Crippen molar-refractivity contribution in [1.82, 2.24) is 0 Å². The zero-order valence-corrected chi connectivity index (χ0v) is 7.49. The average Bonchev–Trinajstić information content (AvgIpc) is 2.02. The molecule has 0 aliphatic heterocycles. The van der Waals surface area contributed by atoms with Crippen molar-refractivity contribution < 1.29 is 19.4 Å². The molecule has 4 nitrogen and oxygen atoms in total. The monoisotopic (exact) mass is 199 g/mol. The zero-order chi connectivity index (χ0) is 10.9. The molecule has 0 aromatic heterocycles. The minimum Gasteiger partial charge on any atom is -0.507 e. The van der Waals surface area contributed by atoms with Crippen LogP contribution in [0.25, 0.3) is 0 Å². The van der Waals surface area contributed by atoms with Gasteiger partial charge in [-0.15, -0.1) is 0 Å². The largest absolute Gasteiger partial charge is 0.507 e. The van der Waals surface area contributed by atoms with Crippen molar-refractivity contribution in [2.45, 2.75) is 12.5 Å². The lowest BCUT2D eigenvalue weighted by Gasteiger charge is -2.21. The summed E-state index contributed by atoms with van der Waals surface area (Å²) in [5, 5.41) is 18.0. The number of hydrogen-bond donors (Lipinski definition) is 3. The molecule has 0 fully saturated rings. The highest BCUT2D eigenvalue weighted by Crippen LogP contribution is 2.29. The highest BCUT2D eigenvalue weighted by atomic mass is 19.1. The Labute approximate surface area is 79.8 Å². The summed E-state index contributed by atoms with van der Waals surface area (Å²) in [5.41, 5.74) is 3.04. The Hall–Kier alpha value is -1.62. The van der Waals surface area contributed by atoms with Gasteiger partial charge >= 0.3 is 5.97 Å². The van der Waals surface area contributed by atoms with Gasteiger partial charge in [0, 0.05) is 0 Å². The van der Waals surface area contributed by atoms with Crippen molar-refractivity contribution in [3.8, 4) is 5.75 Å². The van der Waals surface area contributed by atoms with Gasteiger partial charge < -0.3 is 15.9 Å². The Morgan fingerprint density at radius 3 is 2.57 bits per heavy atom. The molecule has 1 aromatic rings. The second-order valence-electron chi connectivity index (χ2n) is 3.14. The molecule has 0 saturated carbocycles. The third-order valence-corrected chi connectivity index (χ3v) is 1.96. The smallest absolute Gasteiger partial charge is 0.328 e. The van der Waals surface area contributed by atoms with Gasteiger partial charge in [0.2, 0.25) is 0 Å². The van der Waals surface area contributed by atoms with Gasteiger partial charge in [-0.25, -0.2) is 9.18 Å². The van der Waals surface area contributed by atoms with Crippen LogP contribution in [0.1, 0.15) is 12.5 Å². The van der Waals surface area contributed by atoms with Gasteiger partial charge in [-0.2, -0.15) is 0 Å². The van der Waals surface area contributed by atoms with Crippen molar-refractivity contribution in [2.24, 2.45) is 5.73 Å². The summed E-state index contributed by atoms with van der Waals surface area (Å²) in [7, 11) is 0. The molecule has 0 saturated heterocycles. The molecule has 1 unspecified atom stereocenters. The summed E-state index contributed by atoms with van der Waals surface area (Å²) < 4.78 is 13.2. The lowest BCUT2D eigenvalue weighted by molar-refractivity contribution is -0.143. The number of rotatable bonds is 2. The van der Waals surface area contributed by atoms with Gasteiger partial charge in [-0.3, -0.25) is 0 Å². The Morgan fingerprint density at radius 2 is 2.14 bits per heavy atom. The minimum absolute atomic E-state index is 0.410. The quantitative estimate of drug-likeness (QED) is 0.657. The van der Waals surface area contributed by atoms with Crippen LogP contribution in [-0.4, -0.2) is 16.2 Å². The van der Waals surface area contributed by atoms with E-state index in [-0.39, 0.29) is 0 Å². The molecular formula is C9H10FNO3. The minimum atomic E-state index is -1.94. The number of phenolic OH excluding ortho intramolecular Hbond substituents is 1. The highest BCUT2D eigenvalue weighted by molar-refractivity contribution is 5.81. The zero-order valence-electron chi connectivity index (χ0n) is 7.49. The summed E-state index contributed by atoms with van der Waals surface area (Å²) in [6.45, 7) is 1.12. The van der Waals surface area contributed by atoms with E-state index in [0.29, 0.717) is 0 Å². The maximum atomic E-state index is 13.2. The van der Waals surface area contributed by atoms with E-state index in [1.54, 1.807) is 0 Å². The van der Waals surface area contributed by atoms with Crippen molar-refractivity contribution >= 4 is 5.97 Å². The Bertz CT molecular complexity index is 356. The molecule has 76 valence electrons. The van der Waals surface area contributed by atoms with Gasteiger partial charge in [0.25, 0.3) is 0 Å². The van der Waals surface area contributed by atoms with E-state index in [4.69, 9.17) is 10.8 Å². The molecular weight excluding hydrogens is 189 g/mol. The molecule has 1 rings (SSSR count). The number of aliphatic carboxylic acids is 1. The van der Waals surface area contributed by atoms with E-state index < -0.39 is 28.6 Å². The number of halogens is 1. The first-order valence-electron chi connectivity index (χ1n) is 3.87. The maximum Gasteiger partial charge on any atom is 0.328 e. The van der Waals surface area contributed by atoms with Crippen LogP contribution in [0.3, 0.4) is 0 Å². The molecule has 0 aliphatic rings. The van der Waals surface area contributed by atoms with Crippen LogP contribution >= 0.6 is 0 Å². The first kappa shape index (κ1) is 10.5. The number of carboxylic acid groups (broad SMARTS) is 1. The van der Waals surface area contributed by atoms with Gasteiger partial charge in [-0.05, 0) is 19.1 Å².